The third-order valence-corrected chi connectivity index (χ3v) is 3.35. The monoisotopic (exact) mass is 341 g/mol. The van der Waals surface area contributed by atoms with Gasteiger partial charge in [-0.15, -0.1) is 0 Å². The zero-order chi connectivity index (χ0) is 17.7. The molecule has 0 spiro atoms. The van der Waals surface area contributed by atoms with E-state index in [0.717, 1.165) is 12.1 Å². The van der Waals surface area contributed by atoms with Crippen molar-refractivity contribution in [3.8, 4) is 5.75 Å². The van der Waals surface area contributed by atoms with Gasteiger partial charge < -0.3 is 9.64 Å². The minimum absolute atomic E-state index is 0.00246. The zero-order valence-corrected chi connectivity index (χ0v) is 12.8. The Balaban J connectivity index is 1.96. The lowest BCUT2D eigenvalue weighted by Gasteiger charge is -2.18. The van der Waals surface area contributed by atoms with Gasteiger partial charge in [0.2, 0.25) is 5.91 Å². The van der Waals surface area contributed by atoms with Crippen molar-refractivity contribution in [3.63, 3.8) is 0 Å². The van der Waals surface area contributed by atoms with Gasteiger partial charge in [0.1, 0.15) is 17.4 Å². The SMILES string of the molecule is CN(Cc1ccc(F)cc1F)C(=O)Cc1ccc(OC(F)F)cc1. The molecule has 0 unspecified atom stereocenters. The summed E-state index contributed by atoms with van der Waals surface area (Å²) in [5.74, 6) is -1.69. The molecule has 0 bridgehead atoms. The van der Waals surface area contributed by atoms with Crippen molar-refractivity contribution >= 4 is 5.91 Å². The first-order valence-corrected chi connectivity index (χ1v) is 7.07. The molecule has 24 heavy (non-hydrogen) atoms. The highest BCUT2D eigenvalue weighted by Crippen LogP contribution is 2.16. The van der Waals surface area contributed by atoms with Gasteiger partial charge in [-0.05, 0) is 23.8 Å². The topological polar surface area (TPSA) is 29.5 Å². The Morgan fingerprint density at radius 3 is 2.38 bits per heavy atom. The molecule has 7 heteroatoms. The second kappa shape index (κ2) is 7.81. The van der Waals surface area contributed by atoms with Crippen LogP contribution in [-0.4, -0.2) is 24.5 Å². The van der Waals surface area contributed by atoms with Crippen LogP contribution in [0.1, 0.15) is 11.1 Å². The van der Waals surface area contributed by atoms with E-state index in [4.69, 9.17) is 0 Å². The molecule has 0 atom stereocenters. The number of nitrogens with zero attached hydrogens (tertiary/aromatic N) is 1. The molecule has 0 saturated heterocycles. The number of halogens is 4. The molecule has 3 nitrogen and oxygen atoms in total. The lowest BCUT2D eigenvalue weighted by atomic mass is 10.1. The number of likely N-dealkylation sites (N-methyl/N-ethyl adjacent to an activating group) is 1. The summed E-state index contributed by atoms with van der Waals surface area (Å²) >= 11 is 0. The minimum Gasteiger partial charge on any atom is -0.435 e. The van der Waals surface area contributed by atoms with Crippen molar-refractivity contribution < 1.29 is 27.1 Å². The average molecular weight is 341 g/mol. The fourth-order valence-electron chi connectivity index (χ4n) is 2.09. The smallest absolute Gasteiger partial charge is 0.387 e. The predicted molar refractivity (Wildman–Crippen MR) is 79.6 cm³/mol. The summed E-state index contributed by atoms with van der Waals surface area (Å²) in [5, 5.41) is 0. The Morgan fingerprint density at radius 1 is 1.12 bits per heavy atom. The normalized spacial score (nSPS) is 10.8. The highest BCUT2D eigenvalue weighted by atomic mass is 19.3. The molecular formula is C17H15F4NO2. The highest BCUT2D eigenvalue weighted by Gasteiger charge is 2.13. The first-order chi connectivity index (χ1) is 11.3. The Hall–Kier alpha value is -2.57. The molecule has 2 aromatic carbocycles. The summed E-state index contributed by atoms with van der Waals surface area (Å²) in [6.07, 6.45) is 0.0221. The molecular weight excluding hydrogens is 326 g/mol. The molecule has 0 aliphatic heterocycles. The van der Waals surface area contributed by atoms with Crippen LogP contribution in [0.25, 0.3) is 0 Å². The quantitative estimate of drug-likeness (QED) is 0.749. The predicted octanol–water partition coefficient (Wildman–Crippen LogP) is 3.77. The van der Waals surface area contributed by atoms with Crippen LogP contribution in [0.2, 0.25) is 0 Å². The van der Waals surface area contributed by atoms with Gasteiger partial charge in [-0.25, -0.2) is 8.78 Å². The third-order valence-electron chi connectivity index (χ3n) is 3.35. The van der Waals surface area contributed by atoms with Crippen LogP contribution in [-0.2, 0) is 17.8 Å². The molecule has 0 N–H and O–H groups in total. The maximum atomic E-state index is 13.6. The summed E-state index contributed by atoms with van der Waals surface area (Å²) in [7, 11) is 1.50. The summed E-state index contributed by atoms with van der Waals surface area (Å²) in [6.45, 7) is -2.91. The molecule has 0 saturated carbocycles. The fraction of sp³-hybridized carbons (Fsp3) is 0.235. The van der Waals surface area contributed by atoms with E-state index in [1.54, 1.807) is 0 Å². The molecule has 1 amide bonds. The molecule has 0 aromatic heterocycles. The van der Waals surface area contributed by atoms with Crippen molar-refractivity contribution in [2.45, 2.75) is 19.6 Å². The third kappa shape index (κ3) is 4.97. The lowest BCUT2D eigenvalue weighted by Crippen LogP contribution is -2.28. The molecule has 2 rings (SSSR count). The first kappa shape index (κ1) is 17.8. The van der Waals surface area contributed by atoms with E-state index in [-0.39, 0.29) is 30.2 Å². The largest absolute Gasteiger partial charge is 0.435 e. The number of carbonyl (C=O) groups excluding carboxylic acids is 1. The Bertz CT molecular complexity index is 704. The minimum atomic E-state index is -2.91. The van der Waals surface area contributed by atoms with Crippen molar-refractivity contribution in [3.05, 3.63) is 65.2 Å². The first-order valence-electron chi connectivity index (χ1n) is 7.07. The van der Waals surface area contributed by atoms with Gasteiger partial charge in [-0.2, -0.15) is 8.78 Å². The van der Waals surface area contributed by atoms with E-state index >= 15 is 0 Å². The summed E-state index contributed by atoms with van der Waals surface area (Å²) in [6, 6.07) is 8.85. The summed E-state index contributed by atoms with van der Waals surface area (Å²) < 4.78 is 54.8. The van der Waals surface area contributed by atoms with Crippen LogP contribution in [0.5, 0.6) is 5.75 Å². The van der Waals surface area contributed by atoms with E-state index in [9.17, 15) is 22.4 Å². The molecule has 0 heterocycles. The summed E-state index contributed by atoms with van der Waals surface area (Å²) in [4.78, 5) is 13.4. The van der Waals surface area contributed by atoms with Crippen molar-refractivity contribution in [1.29, 1.82) is 0 Å². The maximum Gasteiger partial charge on any atom is 0.387 e. The number of hydrogen-bond donors (Lipinski definition) is 0. The number of carbonyl (C=O) groups is 1. The van der Waals surface area contributed by atoms with Crippen LogP contribution < -0.4 is 4.74 Å². The summed E-state index contributed by atoms with van der Waals surface area (Å²) in [5.41, 5.74) is 0.806. The molecule has 128 valence electrons. The zero-order valence-electron chi connectivity index (χ0n) is 12.8. The van der Waals surface area contributed by atoms with Gasteiger partial charge in [0.25, 0.3) is 0 Å². The van der Waals surface area contributed by atoms with E-state index in [1.807, 2.05) is 0 Å². The number of ether oxygens (including phenoxy) is 1. The molecule has 2 aromatic rings. The van der Waals surface area contributed by atoms with Gasteiger partial charge >= 0.3 is 6.61 Å². The highest BCUT2D eigenvalue weighted by molar-refractivity contribution is 5.78. The van der Waals surface area contributed by atoms with E-state index in [2.05, 4.69) is 4.74 Å². The fourth-order valence-corrected chi connectivity index (χ4v) is 2.09. The van der Waals surface area contributed by atoms with E-state index in [0.29, 0.717) is 5.56 Å². The Kier molecular flexibility index (Phi) is 5.78. The number of alkyl halides is 2. The van der Waals surface area contributed by atoms with Gasteiger partial charge in [-0.3, -0.25) is 4.79 Å². The van der Waals surface area contributed by atoms with Crippen molar-refractivity contribution in [1.82, 2.24) is 4.90 Å². The van der Waals surface area contributed by atoms with Crippen molar-refractivity contribution in [2.75, 3.05) is 7.05 Å². The standard InChI is InChI=1S/C17H15F4NO2/c1-22(10-12-4-5-13(18)9-15(12)19)16(23)8-11-2-6-14(7-3-11)24-17(20)21/h2-7,9,17H,8,10H2,1H3. The van der Waals surface area contributed by atoms with Crippen LogP contribution in [0.3, 0.4) is 0 Å². The van der Waals surface area contributed by atoms with Gasteiger partial charge in [0, 0.05) is 25.2 Å². The van der Waals surface area contributed by atoms with Crippen LogP contribution in [0, 0.1) is 11.6 Å². The van der Waals surface area contributed by atoms with Crippen LogP contribution in [0.15, 0.2) is 42.5 Å². The van der Waals surface area contributed by atoms with Gasteiger partial charge in [0.05, 0.1) is 6.42 Å². The maximum absolute atomic E-state index is 13.6. The Morgan fingerprint density at radius 2 is 1.79 bits per heavy atom. The number of rotatable bonds is 6. The average Bonchev–Trinajstić information content (AvgIpc) is 2.51. The number of amides is 1. The molecule has 0 radical (unpaired) electrons. The van der Waals surface area contributed by atoms with E-state index < -0.39 is 18.2 Å². The van der Waals surface area contributed by atoms with Gasteiger partial charge in [-0.1, -0.05) is 18.2 Å². The Labute approximate surface area is 136 Å². The molecule has 0 aliphatic rings. The second-order valence-corrected chi connectivity index (χ2v) is 5.18. The van der Waals surface area contributed by atoms with Gasteiger partial charge in [0.15, 0.2) is 0 Å². The molecule has 0 fully saturated rings. The van der Waals surface area contributed by atoms with Crippen LogP contribution in [0.4, 0.5) is 17.6 Å². The molecule has 0 aliphatic carbocycles. The number of benzene rings is 2. The lowest BCUT2D eigenvalue weighted by molar-refractivity contribution is -0.129. The van der Waals surface area contributed by atoms with Crippen LogP contribution >= 0.6 is 0 Å². The van der Waals surface area contributed by atoms with Crippen molar-refractivity contribution in [2.24, 2.45) is 0 Å². The van der Waals surface area contributed by atoms with E-state index in [1.165, 1.54) is 42.3 Å². The second-order valence-electron chi connectivity index (χ2n) is 5.18. The number of hydrogen-bond acceptors (Lipinski definition) is 2.